The summed E-state index contributed by atoms with van der Waals surface area (Å²) in [6, 6.07) is 6.57. The lowest BCUT2D eigenvalue weighted by Crippen LogP contribution is -2.13. The fourth-order valence-electron chi connectivity index (χ4n) is 0.938. The number of carboxylic acids is 1. The minimum absolute atomic E-state index is 0.345. The molecule has 0 aromatic heterocycles. The van der Waals surface area contributed by atoms with Crippen LogP contribution in [0.5, 0.6) is 5.75 Å². The number of halogens is 1. The van der Waals surface area contributed by atoms with Gasteiger partial charge in [-0.15, -0.1) is 0 Å². The molecule has 0 radical (unpaired) electrons. The van der Waals surface area contributed by atoms with Crippen molar-refractivity contribution in [3.8, 4) is 5.75 Å². The maximum atomic E-state index is 11.2. The van der Waals surface area contributed by atoms with Gasteiger partial charge >= 0.3 is 11.9 Å². The number of hydrogen-bond donors (Lipinski definition) is 1. The van der Waals surface area contributed by atoms with Crippen LogP contribution in [-0.2, 0) is 9.59 Å². The van der Waals surface area contributed by atoms with E-state index < -0.39 is 17.7 Å². The van der Waals surface area contributed by atoms with E-state index in [1.54, 1.807) is 24.3 Å². The van der Waals surface area contributed by atoms with Crippen molar-refractivity contribution in [2.75, 3.05) is 0 Å². The highest BCUT2D eigenvalue weighted by Gasteiger charge is 1.99. The molecule has 0 amide bonds. The van der Waals surface area contributed by atoms with Gasteiger partial charge in [-0.2, -0.15) is 0 Å². The van der Waals surface area contributed by atoms with Crippen LogP contribution in [0.2, 0.25) is 0 Å². The van der Waals surface area contributed by atoms with Gasteiger partial charge in [0.15, 0.2) is 0 Å². The van der Waals surface area contributed by atoms with Crippen LogP contribution in [0.1, 0.15) is 0 Å². The molecule has 0 atom stereocenters. The van der Waals surface area contributed by atoms with Gasteiger partial charge in [0.2, 0.25) is 0 Å². The maximum Gasteiger partial charge on any atom is 0.336 e. The summed E-state index contributed by atoms with van der Waals surface area (Å²) >= 11 is 3.23. The van der Waals surface area contributed by atoms with Crippen LogP contribution in [0, 0.1) is 0 Å². The number of carbonyl (C=O) groups is 2. The number of carbonyl (C=O) groups excluding carboxylic acids is 1. The summed E-state index contributed by atoms with van der Waals surface area (Å²) in [6.07, 6.45) is 2.76. The third kappa shape index (κ3) is 4.84. The van der Waals surface area contributed by atoms with Crippen LogP contribution < -0.4 is 9.84 Å². The van der Waals surface area contributed by atoms with Gasteiger partial charge in [0.1, 0.15) is 5.75 Å². The van der Waals surface area contributed by atoms with Crippen LogP contribution >= 0.6 is 15.9 Å². The Morgan fingerprint density at radius 1 is 1.28 bits per heavy atom. The quantitative estimate of drug-likeness (QED) is 0.297. The first-order valence-electron chi connectivity index (χ1n) is 4.75. The Morgan fingerprint density at radius 2 is 1.89 bits per heavy atom. The Bertz CT molecular complexity index is 502. The van der Waals surface area contributed by atoms with Crippen LogP contribution in [0.3, 0.4) is 0 Å². The summed E-state index contributed by atoms with van der Waals surface area (Å²) in [5, 5.41) is 18.9. The van der Waals surface area contributed by atoms with Gasteiger partial charge in [-0.25, -0.2) is 9.59 Å². The molecule has 0 fully saturated rings. The molecule has 0 aliphatic carbocycles. The van der Waals surface area contributed by atoms with Gasteiger partial charge in [0.05, 0.1) is 0 Å². The number of allylic oxidation sites excluding steroid dienone is 2. The Hall–Kier alpha value is -2.08. The molecule has 94 valence electrons. The molecule has 5 nitrogen and oxygen atoms in total. The molecule has 0 aliphatic rings. The number of hydrogen-bond acceptors (Lipinski definition) is 4. The standard InChI is InChI=1S/C12H9BrO5/c13-8-4-6-9(7-5-8)18-11(15)3-1-2-10(14)12(16)17/h1-7,14H,(H,16,17)/p-1/b3-1+,10-2-. The smallest absolute Gasteiger partial charge is 0.336 e. The van der Waals surface area contributed by atoms with Crippen LogP contribution in [0.25, 0.3) is 0 Å². The molecule has 0 aliphatic heterocycles. The maximum absolute atomic E-state index is 11.2. The van der Waals surface area contributed by atoms with E-state index in [1.165, 1.54) is 0 Å². The zero-order valence-electron chi connectivity index (χ0n) is 9.00. The topological polar surface area (TPSA) is 86.7 Å². The molecule has 1 N–H and O–H groups in total. The number of rotatable bonds is 4. The largest absolute Gasteiger partial charge is 0.868 e. The van der Waals surface area contributed by atoms with E-state index in [4.69, 9.17) is 9.84 Å². The molecule has 0 saturated carbocycles. The van der Waals surface area contributed by atoms with Crippen molar-refractivity contribution in [1.82, 2.24) is 0 Å². The van der Waals surface area contributed by atoms with Gasteiger partial charge in [0.25, 0.3) is 0 Å². The van der Waals surface area contributed by atoms with Gasteiger partial charge < -0.3 is 14.9 Å². The molecule has 0 unspecified atom stereocenters. The van der Waals surface area contributed by atoms with Crippen molar-refractivity contribution in [3.63, 3.8) is 0 Å². The summed E-state index contributed by atoms with van der Waals surface area (Å²) in [5.74, 6) is -3.05. The Labute approximate surface area is 111 Å². The summed E-state index contributed by atoms with van der Waals surface area (Å²) < 4.78 is 5.73. The average molecular weight is 312 g/mol. The predicted molar refractivity (Wildman–Crippen MR) is 64.6 cm³/mol. The zero-order valence-corrected chi connectivity index (χ0v) is 10.6. The van der Waals surface area contributed by atoms with E-state index in [0.717, 1.165) is 22.7 Å². The lowest BCUT2D eigenvalue weighted by atomic mass is 10.3. The highest BCUT2D eigenvalue weighted by Crippen LogP contribution is 2.16. The number of carboxylic acid groups (broad SMARTS) is 1. The second kappa shape index (κ2) is 6.61. The Kier molecular flexibility index (Phi) is 5.13. The molecule has 0 heterocycles. The van der Waals surface area contributed by atoms with Crippen molar-refractivity contribution in [3.05, 3.63) is 52.7 Å². The van der Waals surface area contributed by atoms with E-state index in [0.29, 0.717) is 5.75 Å². The summed E-state index contributed by atoms with van der Waals surface area (Å²) in [7, 11) is 0. The first-order chi connectivity index (χ1) is 8.49. The summed E-state index contributed by atoms with van der Waals surface area (Å²) in [4.78, 5) is 21.4. The van der Waals surface area contributed by atoms with Crippen molar-refractivity contribution < 1.29 is 24.5 Å². The average Bonchev–Trinajstić information content (AvgIpc) is 2.32. The van der Waals surface area contributed by atoms with E-state index in [1.807, 2.05) is 0 Å². The van der Waals surface area contributed by atoms with Gasteiger partial charge in [-0.1, -0.05) is 28.1 Å². The van der Waals surface area contributed by atoms with Crippen molar-refractivity contribution in [1.29, 1.82) is 0 Å². The molecule has 1 rings (SSSR count). The van der Waals surface area contributed by atoms with Gasteiger partial charge in [-0.3, -0.25) is 0 Å². The SMILES string of the molecule is O=C(/C=C/C=C(\[O-])C(=O)O)Oc1ccc(Br)cc1. The molecule has 0 bridgehead atoms. The van der Waals surface area contributed by atoms with E-state index in [2.05, 4.69) is 15.9 Å². The molecular formula is C12H8BrO5-. The van der Waals surface area contributed by atoms with E-state index in [-0.39, 0.29) is 0 Å². The fourth-order valence-corrected chi connectivity index (χ4v) is 1.20. The normalized spacial score (nSPS) is 11.5. The molecule has 18 heavy (non-hydrogen) atoms. The lowest BCUT2D eigenvalue weighted by molar-refractivity contribution is -0.302. The van der Waals surface area contributed by atoms with Crippen LogP contribution in [-0.4, -0.2) is 17.0 Å². The third-order valence-corrected chi connectivity index (χ3v) is 2.25. The number of ether oxygens (including phenoxy) is 1. The van der Waals surface area contributed by atoms with Crippen LogP contribution in [0.4, 0.5) is 0 Å². The van der Waals surface area contributed by atoms with Crippen molar-refractivity contribution in [2.24, 2.45) is 0 Å². The fraction of sp³-hybridized carbons (Fsp3) is 0. The highest BCUT2D eigenvalue weighted by molar-refractivity contribution is 9.10. The van der Waals surface area contributed by atoms with Crippen molar-refractivity contribution in [2.45, 2.75) is 0 Å². The van der Waals surface area contributed by atoms with Gasteiger partial charge in [0, 0.05) is 10.5 Å². The van der Waals surface area contributed by atoms with E-state index >= 15 is 0 Å². The minimum atomic E-state index is -1.58. The lowest BCUT2D eigenvalue weighted by Gasteiger charge is -2.02. The predicted octanol–water partition coefficient (Wildman–Crippen LogP) is 1.24. The Balaban J connectivity index is 2.57. The van der Waals surface area contributed by atoms with E-state index in [9.17, 15) is 14.7 Å². The molecule has 1 aromatic rings. The number of benzene rings is 1. The first-order valence-corrected chi connectivity index (χ1v) is 5.54. The van der Waals surface area contributed by atoms with Crippen molar-refractivity contribution >= 4 is 27.9 Å². The Morgan fingerprint density at radius 3 is 2.44 bits per heavy atom. The molecule has 0 saturated heterocycles. The van der Waals surface area contributed by atoms with Gasteiger partial charge in [-0.05, 0) is 30.0 Å². The monoisotopic (exact) mass is 311 g/mol. The zero-order chi connectivity index (χ0) is 13.5. The highest BCUT2D eigenvalue weighted by atomic mass is 79.9. The molecule has 6 heteroatoms. The number of esters is 1. The molecular weight excluding hydrogens is 304 g/mol. The first kappa shape index (κ1) is 14.0. The second-order valence-corrected chi connectivity index (χ2v) is 3.99. The molecule has 1 aromatic carbocycles. The second-order valence-electron chi connectivity index (χ2n) is 3.07. The van der Waals surface area contributed by atoms with Crippen LogP contribution in [0.15, 0.2) is 52.7 Å². The summed E-state index contributed by atoms with van der Waals surface area (Å²) in [5.41, 5.74) is 0. The number of aliphatic carboxylic acids is 1. The summed E-state index contributed by atoms with van der Waals surface area (Å²) in [6.45, 7) is 0. The minimum Gasteiger partial charge on any atom is -0.868 e. The molecule has 0 spiro atoms. The third-order valence-electron chi connectivity index (χ3n) is 1.72.